The Morgan fingerprint density at radius 3 is 2.15 bits per heavy atom. The standard InChI is InChI=1S/C23H19N3/c1-18-12-14-21(15-13-18)26-17-25-23(22(26)20-10-6-3-7-11-20)24-16-19-8-4-2-5-9-19/h2-17H,1H3/b24-16+. The summed E-state index contributed by atoms with van der Waals surface area (Å²) in [6.07, 6.45) is 3.69. The third kappa shape index (κ3) is 3.33. The van der Waals surface area contributed by atoms with Gasteiger partial charge >= 0.3 is 0 Å². The van der Waals surface area contributed by atoms with Gasteiger partial charge in [0.1, 0.15) is 6.33 Å². The maximum Gasteiger partial charge on any atom is 0.178 e. The first-order chi connectivity index (χ1) is 12.8. The molecular formula is C23H19N3. The van der Waals surface area contributed by atoms with Gasteiger partial charge in [0.25, 0.3) is 0 Å². The van der Waals surface area contributed by atoms with E-state index in [0.29, 0.717) is 5.82 Å². The fourth-order valence-electron chi connectivity index (χ4n) is 2.87. The molecule has 4 rings (SSSR count). The SMILES string of the molecule is Cc1ccc(-n2cnc(/N=C/c3ccccc3)c2-c2ccccc2)cc1. The van der Waals surface area contributed by atoms with Crippen molar-refractivity contribution in [2.45, 2.75) is 6.92 Å². The molecule has 4 aromatic rings. The molecule has 0 N–H and O–H groups in total. The molecule has 0 unspecified atom stereocenters. The molecule has 1 aromatic heterocycles. The van der Waals surface area contributed by atoms with Crippen molar-refractivity contribution in [3.63, 3.8) is 0 Å². The highest BCUT2D eigenvalue weighted by Crippen LogP contribution is 2.31. The quantitative estimate of drug-likeness (QED) is 0.446. The van der Waals surface area contributed by atoms with Crippen molar-refractivity contribution in [3.05, 3.63) is 102 Å². The van der Waals surface area contributed by atoms with E-state index in [1.807, 2.05) is 61.1 Å². The summed E-state index contributed by atoms with van der Waals surface area (Å²) >= 11 is 0. The van der Waals surface area contributed by atoms with Crippen LogP contribution in [0.4, 0.5) is 5.82 Å². The molecule has 0 aliphatic heterocycles. The predicted molar refractivity (Wildman–Crippen MR) is 107 cm³/mol. The first-order valence-corrected chi connectivity index (χ1v) is 8.60. The Labute approximate surface area is 153 Å². The molecule has 0 radical (unpaired) electrons. The molecule has 0 bridgehead atoms. The first-order valence-electron chi connectivity index (χ1n) is 8.60. The number of aryl methyl sites for hydroxylation is 1. The van der Waals surface area contributed by atoms with Gasteiger partial charge < -0.3 is 0 Å². The van der Waals surface area contributed by atoms with E-state index in [1.54, 1.807) is 0 Å². The highest BCUT2D eigenvalue weighted by atomic mass is 15.1. The van der Waals surface area contributed by atoms with Crippen LogP contribution in [0.1, 0.15) is 11.1 Å². The van der Waals surface area contributed by atoms with Crippen LogP contribution < -0.4 is 0 Å². The normalized spacial score (nSPS) is 11.1. The highest BCUT2D eigenvalue weighted by Gasteiger charge is 2.13. The predicted octanol–water partition coefficient (Wildman–Crippen LogP) is 5.60. The van der Waals surface area contributed by atoms with Gasteiger partial charge in [-0.1, -0.05) is 78.4 Å². The number of benzene rings is 3. The van der Waals surface area contributed by atoms with Crippen LogP contribution in [0.2, 0.25) is 0 Å². The van der Waals surface area contributed by atoms with Crippen LogP contribution in [0, 0.1) is 6.92 Å². The third-order valence-corrected chi connectivity index (χ3v) is 4.24. The Balaban J connectivity index is 1.82. The third-order valence-electron chi connectivity index (χ3n) is 4.24. The van der Waals surface area contributed by atoms with Crippen molar-refractivity contribution >= 4 is 12.0 Å². The monoisotopic (exact) mass is 337 g/mol. The highest BCUT2D eigenvalue weighted by molar-refractivity contribution is 5.84. The van der Waals surface area contributed by atoms with E-state index in [-0.39, 0.29) is 0 Å². The van der Waals surface area contributed by atoms with E-state index in [4.69, 9.17) is 0 Å². The lowest BCUT2D eigenvalue weighted by atomic mass is 10.1. The fourth-order valence-corrected chi connectivity index (χ4v) is 2.87. The molecule has 0 atom stereocenters. The summed E-state index contributed by atoms with van der Waals surface area (Å²) in [6.45, 7) is 2.09. The van der Waals surface area contributed by atoms with Crippen LogP contribution in [0.5, 0.6) is 0 Å². The Kier molecular flexibility index (Phi) is 4.44. The zero-order valence-corrected chi connectivity index (χ0v) is 14.6. The van der Waals surface area contributed by atoms with Crippen LogP contribution in [-0.2, 0) is 0 Å². The second kappa shape index (κ2) is 7.19. The van der Waals surface area contributed by atoms with Gasteiger partial charge in [0.15, 0.2) is 5.82 Å². The van der Waals surface area contributed by atoms with Gasteiger partial charge in [0.05, 0.1) is 5.69 Å². The van der Waals surface area contributed by atoms with Crippen LogP contribution in [0.15, 0.2) is 96.2 Å². The number of hydrogen-bond donors (Lipinski definition) is 0. The van der Waals surface area contributed by atoms with Crippen LogP contribution >= 0.6 is 0 Å². The molecule has 126 valence electrons. The van der Waals surface area contributed by atoms with E-state index in [9.17, 15) is 0 Å². The molecule has 3 heteroatoms. The molecule has 3 nitrogen and oxygen atoms in total. The fraction of sp³-hybridized carbons (Fsp3) is 0.0435. The molecule has 0 aliphatic carbocycles. The molecular weight excluding hydrogens is 318 g/mol. The van der Waals surface area contributed by atoms with Gasteiger partial charge in [0.2, 0.25) is 0 Å². The minimum absolute atomic E-state index is 0.709. The lowest BCUT2D eigenvalue weighted by molar-refractivity contribution is 1.06. The summed E-state index contributed by atoms with van der Waals surface area (Å²) in [4.78, 5) is 9.23. The second-order valence-corrected chi connectivity index (χ2v) is 6.16. The number of aliphatic imine (C=N–C) groups is 1. The number of hydrogen-bond acceptors (Lipinski definition) is 2. The summed E-state index contributed by atoms with van der Waals surface area (Å²) in [5.74, 6) is 0.709. The number of rotatable bonds is 4. The van der Waals surface area contributed by atoms with Crippen molar-refractivity contribution in [2.75, 3.05) is 0 Å². The number of aromatic nitrogens is 2. The average molecular weight is 337 g/mol. The summed E-state index contributed by atoms with van der Waals surface area (Å²) in [5.41, 5.74) is 5.43. The van der Waals surface area contributed by atoms with Gasteiger partial charge in [-0.3, -0.25) is 4.57 Å². The van der Waals surface area contributed by atoms with Crippen molar-refractivity contribution in [2.24, 2.45) is 4.99 Å². The van der Waals surface area contributed by atoms with E-state index in [2.05, 4.69) is 57.9 Å². The van der Waals surface area contributed by atoms with E-state index in [0.717, 1.165) is 22.5 Å². The molecule has 0 aliphatic rings. The van der Waals surface area contributed by atoms with E-state index in [1.165, 1.54) is 5.56 Å². The smallest absolute Gasteiger partial charge is 0.178 e. The first kappa shape index (κ1) is 16.0. The molecule has 0 saturated heterocycles. The van der Waals surface area contributed by atoms with Gasteiger partial charge in [-0.2, -0.15) is 0 Å². The Morgan fingerprint density at radius 1 is 0.808 bits per heavy atom. The number of imidazole rings is 1. The minimum atomic E-state index is 0.709. The van der Waals surface area contributed by atoms with E-state index < -0.39 is 0 Å². The molecule has 0 saturated carbocycles. The van der Waals surface area contributed by atoms with Gasteiger partial charge in [-0.15, -0.1) is 0 Å². The van der Waals surface area contributed by atoms with Crippen molar-refractivity contribution in [3.8, 4) is 16.9 Å². The van der Waals surface area contributed by atoms with Gasteiger partial charge in [0, 0.05) is 17.5 Å². The maximum atomic E-state index is 4.66. The minimum Gasteiger partial charge on any atom is -0.297 e. The maximum absolute atomic E-state index is 4.66. The van der Waals surface area contributed by atoms with Gasteiger partial charge in [-0.25, -0.2) is 9.98 Å². The Morgan fingerprint density at radius 2 is 1.46 bits per heavy atom. The molecule has 0 spiro atoms. The zero-order valence-electron chi connectivity index (χ0n) is 14.6. The molecule has 26 heavy (non-hydrogen) atoms. The van der Waals surface area contributed by atoms with Crippen molar-refractivity contribution in [1.29, 1.82) is 0 Å². The summed E-state index contributed by atoms with van der Waals surface area (Å²) in [5, 5.41) is 0. The Bertz CT molecular complexity index is 1010. The van der Waals surface area contributed by atoms with Crippen molar-refractivity contribution < 1.29 is 0 Å². The summed E-state index contributed by atoms with van der Waals surface area (Å²) in [6, 6.07) is 28.8. The molecule has 0 amide bonds. The number of nitrogens with zero attached hydrogens (tertiary/aromatic N) is 3. The van der Waals surface area contributed by atoms with E-state index >= 15 is 0 Å². The largest absolute Gasteiger partial charge is 0.297 e. The molecule has 0 fully saturated rings. The van der Waals surface area contributed by atoms with Crippen LogP contribution in [0.3, 0.4) is 0 Å². The van der Waals surface area contributed by atoms with Crippen LogP contribution in [-0.4, -0.2) is 15.8 Å². The summed E-state index contributed by atoms with van der Waals surface area (Å²) in [7, 11) is 0. The van der Waals surface area contributed by atoms with Crippen LogP contribution in [0.25, 0.3) is 16.9 Å². The molecule has 3 aromatic carbocycles. The lowest BCUT2D eigenvalue weighted by Gasteiger charge is -2.09. The Hall–Kier alpha value is -3.46. The lowest BCUT2D eigenvalue weighted by Crippen LogP contribution is -1.95. The van der Waals surface area contributed by atoms with Gasteiger partial charge in [-0.05, 0) is 24.6 Å². The average Bonchev–Trinajstić information content (AvgIpc) is 3.12. The summed E-state index contributed by atoms with van der Waals surface area (Å²) < 4.78 is 2.09. The zero-order chi connectivity index (χ0) is 17.8. The van der Waals surface area contributed by atoms with Crippen molar-refractivity contribution in [1.82, 2.24) is 9.55 Å². The topological polar surface area (TPSA) is 30.2 Å². The second-order valence-electron chi connectivity index (χ2n) is 6.16. The molecule has 1 heterocycles.